The molecular formula is C28H32ClN3O5S. The quantitative estimate of drug-likeness (QED) is 0.377. The third-order valence-electron chi connectivity index (χ3n) is 5.98. The normalized spacial score (nSPS) is 11.9. The highest BCUT2D eigenvalue weighted by Gasteiger charge is 2.32. The lowest BCUT2D eigenvalue weighted by molar-refractivity contribution is -0.139. The van der Waals surface area contributed by atoms with Crippen LogP contribution in [0.3, 0.4) is 0 Å². The van der Waals surface area contributed by atoms with E-state index in [4.69, 9.17) is 16.3 Å². The number of amides is 2. The Labute approximate surface area is 229 Å². The minimum absolute atomic E-state index is 0.00711. The second kappa shape index (κ2) is 12.8. The zero-order valence-corrected chi connectivity index (χ0v) is 23.4. The van der Waals surface area contributed by atoms with Crippen LogP contribution in [0, 0.1) is 6.92 Å². The second-order valence-electron chi connectivity index (χ2n) is 8.75. The number of rotatable bonds is 11. The van der Waals surface area contributed by atoms with Gasteiger partial charge in [-0.1, -0.05) is 35.9 Å². The number of likely N-dealkylation sites (N-methyl/N-ethyl adjacent to an activating group) is 1. The predicted octanol–water partition coefficient (Wildman–Crippen LogP) is 4.41. The Bertz CT molecular complexity index is 1380. The molecule has 38 heavy (non-hydrogen) atoms. The number of hydrogen-bond donors (Lipinski definition) is 1. The molecule has 0 aliphatic carbocycles. The van der Waals surface area contributed by atoms with Crippen LogP contribution in [-0.4, -0.2) is 51.4 Å². The molecule has 1 unspecified atom stereocenters. The van der Waals surface area contributed by atoms with Gasteiger partial charge in [-0.05, 0) is 80.4 Å². The highest BCUT2D eigenvalue weighted by Crippen LogP contribution is 2.26. The van der Waals surface area contributed by atoms with E-state index in [1.165, 1.54) is 29.2 Å². The Balaban J connectivity index is 2.03. The highest BCUT2D eigenvalue weighted by molar-refractivity contribution is 7.92. The highest BCUT2D eigenvalue weighted by atomic mass is 35.5. The molecule has 0 heterocycles. The van der Waals surface area contributed by atoms with E-state index in [2.05, 4.69) is 5.32 Å². The van der Waals surface area contributed by atoms with Crippen LogP contribution in [0.2, 0.25) is 5.02 Å². The minimum Gasteiger partial charge on any atom is -0.497 e. The number of nitrogens with zero attached hydrogens (tertiary/aromatic N) is 2. The van der Waals surface area contributed by atoms with Crippen LogP contribution in [-0.2, 0) is 26.2 Å². The molecular weight excluding hydrogens is 526 g/mol. The largest absolute Gasteiger partial charge is 0.497 e. The van der Waals surface area contributed by atoms with Crippen molar-refractivity contribution in [2.75, 3.05) is 24.5 Å². The molecule has 0 saturated heterocycles. The standard InChI is InChI=1S/C28H32ClN3O5S/c1-5-30-28(34)21(3)31(18-22-9-7-11-25(17-22)37-4)27(33)19-32(24-10-6-8-20(2)16-24)38(35,36)26-14-12-23(29)13-15-26/h6-17,21H,5,18-19H2,1-4H3,(H,30,34). The molecule has 0 aliphatic heterocycles. The zero-order valence-electron chi connectivity index (χ0n) is 21.8. The molecule has 1 atom stereocenters. The lowest BCUT2D eigenvalue weighted by Crippen LogP contribution is -2.51. The number of hydrogen-bond acceptors (Lipinski definition) is 5. The van der Waals surface area contributed by atoms with Gasteiger partial charge in [-0.2, -0.15) is 0 Å². The van der Waals surface area contributed by atoms with Gasteiger partial charge in [-0.3, -0.25) is 13.9 Å². The van der Waals surface area contributed by atoms with Gasteiger partial charge < -0.3 is 15.0 Å². The summed E-state index contributed by atoms with van der Waals surface area (Å²) in [7, 11) is -2.61. The summed E-state index contributed by atoms with van der Waals surface area (Å²) < 4.78 is 33.9. The van der Waals surface area contributed by atoms with Crippen LogP contribution in [0.25, 0.3) is 0 Å². The minimum atomic E-state index is -4.15. The Morgan fingerprint density at radius 1 is 1.03 bits per heavy atom. The molecule has 0 spiro atoms. The summed E-state index contributed by atoms with van der Waals surface area (Å²) in [6.45, 7) is 5.21. The number of sulfonamides is 1. The van der Waals surface area contributed by atoms with Gasteiger partial charge >= 0.3 is 0 Å². The maximum Gasteiger partial charge on any atom is 0.264 e. The number of methoxy groups -OCH3 is 1. The summed E-state index contributed by atoms with van der Waals surface area (Å²) in [6, 6.07) is 19.0. The van der Waals surface area contributed by atoms with Gasteiger partial charge in [0.15, 0.2) is 0 Å². The van der Waals surface area contributed by atoms with Gasteiger partial charge in [-0.15, -0.1) is 0 Å². The molecule has 8 nitrogen and oxygen atoms in total. The van der Waals surface area contributed by atoms with Gasteiger partial charge in [0.05, 0.1) is 17.7 Å². The Morgan fingerprint density at radius 2 is 1.71 bits per heavy atom. The van der Waals surface area contributed by atoms with Gasteiger partial charge in [0.25, 0.3) is 10.0 Å². The number of benzene rings is 3. The molecule has 0 fully saturated rings. The molecule has 3 aromatic rings. The Morgan fingerprint density at radius 3 is 2.34 bits per heavy atom. The number of carbonyl (C=O) groups excluding carboxylic acids is 2. The fraction of sp³-hybridized carbons (Fsp3) is 0.286. The van der Waals surface area contributed by atoms with Crippen LogP contribution in [0.5, 0.6) is 5.75 Å². The first-order chi connectivity index (χ1) is 18.1. The number of carbonyl (C=O) groups is 2. The molecule has 2 amide bonds. The van der Waals surface area contributed by atoms with E-state index in [0.29, 0.717) is 23.0 Å². The molecule has 202 valence electrons. The van der Waals surface area contributed by atoms with E-state index in [0.717, 1.165) is 15.4 Å². The van der Waals surface area contributed by atoms with E-state index in [1.54, 1.807) is 57.4 Å². The predicted molar refractivity (Wildman–Crippen MR) is 149 cm³/mol. The van der Waals surface area contributed by atoms with Crippen molar-refractivity contribution < 1.29 is 22.7 Å². The zero-order chi connectivity index (χ0) is 27.9. The topological polar surface area (TPSA) is 96.0 Å². The van der Waals surface area contributed by atoms with Crippen LogP contribution in [0.4, 0.5) is 5.69 Å². The van der Waals surface area contributed by atoms with Crippen molar-refractivity contribution in [3.63, 3.8) is 0 Å². The third kappa shape index (κ3) is 7.05. The van der Waals surface area contributed by atoms with Crippen LogP contribution in [0.15, 0.2) is 77.7 Å². The summed E-state index contributed by atoms with van der Waals surface area (Å²) in [5.41, 5.74) is 1.90. The molecule has 3 aromatic carbocycles. The number of nitrogens with one attached hydrogen (secondary N) is 1. The van der Waals surface area contributed by atoms with Crippen molar-refractivity contribution in [2.45, 2.75) is 38.3 Å². The average molecular weight is 558 g/mol. The fourth-order valence-corrected chi connectivity index (χ4v) is 5.45. The summed E-state index contributed by atoms with van der Waals surface area (Å²) >= 11 is 5.98. The van der Waals surface area contributed by atoms with Crippen molar-refractivity contribution in [1.29, 1.82) is 0 Å². The summed E-state index contributed by atoms with van der Waals surface area (Å²) in [6.07, 6.45) is 0. The molecule has 10 heteroatoms. The summed E-state index contributed by atoms with van der Waals surface area (Å²) in [4.78, 5) is 28.0. The van der Waals surface area contributed by atoms with Crippen LogP contribution < -0.4 is 14.4 Å². The second-order valence-corrected chi connectivity index (χ2v) is 11.0. The van der Waals surface area contributed by atoms with Crippen molar-refractivity contribution >= 4 is 39.1 Å². The summed E-state index contributed by atoms with van der Waals surface area (Å²) in [5.74, 6) is -0.274. The maximum atomic E-state index is 13.8. The van der Waals surface area contributed by atoms with Crippen LogP contribution in [0.1, 0.15) is 25.0 Å². The smallest absolute Gasteiger partial charge is 0.264 e. The van der Waals surface area contributed by atoms with Crippen molar-refractivity contribution in [3.8, 4) is 5.75 Å². The number of halogens is 1. The van der Waals surface area contributed by atoms with E-state index in [1.807, 2.05) is 19.1 Å². The maximum absolute atomic E-state index is 13.8. The molecule has 1 N–H and O–H groups in total. The van der Waals surface area contributed by atoms with E-state index in [9.17, 15) is 18.0 Å². The number of aryl methyl sites for hydroxylation is 1. The molecule has 0 aromatic heterocycles. The van der Waals surface area contributed by atoms with Gasteiger partial charge in [-0.25, -0.2) is 8.42 Å². The molecule has 3 rings (SSSR count). The molecule has 0 bridgehead atoms. The van der Waals surface area contributed by atoms with Gasteiger partial charge in [0.2, 0.25) is 11.8 Å². The lowest BCUT2D eigenvalue weighted by Gasteiger charge is -2.32. The number of ether oxygens (including phenoxy) is 1. The van der Waals surface area contributed by atoms with Crippen molar-refractivity contribution in [3.05, 3.63) is 88.9 Å². The lowest BCUT2D eigenvalue weighted by atomic mass is 10.1. The SMILES string of the molecule is CCNC(=O)C(C)N(Cc1cccc(OC)c1)C(=O)CN(c1cccc(C)c1)S(=O)(=O)c1ccc(Cl)cc1. The first kappa shape index (κ1) is 29.0. The van der Waals surface area contributed by atoms with E-state index < -0.39 is 28.5 Å². The summed E-state index contributed by atoms with van der Waals surface area (Å²) in [5, 5.41) is 3.13. The van der Waals surface area contributed by atoms with E-state index >= 15 is 0 Å². The van der Waals surface area contributed by atoms with Crippen molar-refractivity contribution in [1.82, 2.24) is 10.2 Å². The Hall–Kier alpha value is -3.56. The van der Waals surface area contributed by atoms with Crippen molar-refractivity contribution in [2.24, 2.45) is 0 Å². The molecule has 0 radical (unpaired) electrons. The first-order valence-corrected chi connectivity index (χ1v) is 13.9. The molecule has 0 aliphatic rings. The average Bonchev–Trinajstić information content (AvgIpc) is 2.90. The van der Waals surface area contributed by atoms with Gasteiger partial charge in [0.1, 0.15) is 18.3 Å². The first-order valence-electron chi connectivity index (χ1n) is 12.1. The third-order valence-corrected chi connectivity index (χ3v) is 8.02. The molecule has 0 saturated carbocycles. The van der Waals surface area contributed by atoms with Crippen LogP contribution >= 0.6 is 11.6 Å². The number of anilines is 1. The fourth-order valence-electron chi connectivity index (χ4n) is 3.92. The van der Waals surface area contributed by atoms with E-state index in [-0.39, 0.29) is 17.3 Å². The van der Waals surface area contributed by atoms with Gasteiger partial charge in [0, 0.05) is 18.1 Å². The monoisotopic (exact) mass is 557 g/mol. The Kier molecular flexibility index (Phi) is 9.77.